The first kappa shape index (κ1) is 17.6. The van der Waals surface area contributed by atoms with Gasteiger partial charge in [0.05, 0.1) is 11.5 Å². The Morgan fingerprint density at radius 2 is 2.10 bits per heavy atom. The van der Waals surface area contributed by atoms with Gasteiger partial charge in [0, 0.05) is 25.8 Å². The molecule has 1 aromatic rings. The zero-order valence-corrected chi connectivity index (χ0v) is 12.8. The number of hydrogen-bond acceptors (Lipinski definition) is 5. The zero-order valence-electron chi connectivity index (χ0n) is 12.0. The first-order valence-corrected chi connectivity index (χ1v) is 8.06. The number of carbonyl (C=O) groups is 1. The lowest BCUT2D eigenvalue weighted by atomic mass is 10.2. The van der Waals surface area contributed by atoms with Gasteiger partial charge >= 0.3 is 0 Å². The van der Waals surface area contributed by atoms with Crippen molar-refractivity contribution in [1.82, 2.24) is 10.0 Å². The molecule has 0 heterocycles. The summed E-state index contributed by atoms with van der Waals surface area (Å²) in [4.78, 5) is 11.9. The Morgan fingerprint density at radius 3 is 2.76 bits per heavy atom. The SMILES string of the molecule is COCCNS(=O)(=O)c1cccc(C(=O)NCCCN)c1. The van der Waals surface area contributed by atoms with E-state index >= 15 is 0 Å². The number of amides is 1. The van der Waals surface area contributed by atoms with Gasteiger partial charge in [-0.25, -0.2) is 13.1 Å². The summed E-state index contributed by atoms with van der Waals surface area (Å²) >= 11 is 0. The standard InChI is InChI=1S/C13H21N3O4S/c1-20-9-8-16-21(18,19)12-5-2-4-11(10-12)13(17)15-7-3-6-14/h2,4-5,10,16H,3,6-9,14H2,1H3,(H,15,17). The van der Waals surface area contributed by atoms with Crippen LogP contribution >= 0.6 is 0 Å². The summed E-state index contributed by atoms with van der Waals surface area (Å²) in [6.45, 7) is 1.39. The Morgan fingerprint density at radius 1 is 1.33 bits per heavy atom. The van der Waals surface area contributed by atoms with E-state index < -0.39 is 10.0 Å². The monoisotopic (exact) mass is 315 g/mol. The van der Waals surface area contributed by atoms with Crippen molar-refractivity contribution in [3.8, 4) is 0 Å². The van der Waals surface area contributed by atoms with Gasteiger partial charge in [0.15, 0.2) is 0 Å². The molecular weight excluding hydrogens is 294 g/mol. The molecule has 7 nitrogen and oxygen atoms in total. The Labute approximate surface area is 124 Å². The topological polar surface area (TPSA) is 111 Å². The summed E-state index contributed by atoms with van der Waals surface area (Å²) in [5.41, 5.74) is 5.64. The number of nitrogens with two attached hydrogens (primary N) is 1. The number of hydrogen-bond donors (Lipinski definition) is 3. The highest BCUT2D eigenvalue weighted by Gasteiger charge is 2.15. The minimum absolute atomic E-state index is 0.0464. The number of rotatable bonds is 9. The maximum Gasteiger partial charge on any atom is 0.251 e. The molecule has 1 rings (SSSR count). The maximum absolute atomic E-state index is 12.0. The van der Waals surface area contributed by atoms with Crippen molar-refractivity contribution in [3.63, 3.8) is 0 Å². The molecule has 0 aliphatic carbocycles. The maximum atomic E-state index is 12.0. The molecule has 0 saturated heterocycles. The van der Waals surface area contributed by atoms with Gasteiger partial charge in [-0.05, 0) is 31.2 Å². The predicted molar refractivity (Wildman–Crippen MR) is 79.5 cm³/mol. The van der Waals surface area contributed by atoms with Gasteiger partial charge in [-0.1, -0.05) is 6.07 Å². The van der Waals surface area contributed by atoms with Crippen LogP contribution < -0.4 is 15.8 Å². The van der Waals surface area contributed by atoms with E-state index in [1.54, 1.807) is 6.07 Å². The molecule has 0 unspecified atom stereocenters. The fourth-order valence-electron chi connectivity index (χ4n) is 1.57. The molecule has 0 bridgehead atoms. The first-order chi connectivity index (χ1) is 10.0. The molecule has 4 N–H and O–H groups in total. The van der Waals surface area contributed by atoms with E-state index in [2.05, 4.69) is 10.0 Å². The Bertz CT molecular complexity index is 560. The molecular formula is C13H21N3O4S. The number of methoxy groups -OCH3 is 1. The zero-order chi connectivity index (χ0) is 15.7. The Kier molecular flexibility index (Phi) is 7.30. The molecule has 0 spiro atoms. The normalized spacial score (nSPS) is 11.3. The predicted octanol–water partition coefficient (Wildman–Crippen LogP) is -0.310. The van der Waals surface area contributed by atoms with Crippen molar-refractivity contribution in [2.24, 2.45) is 5.73 Å². The lowest BCUT2D eigenvalue weighted by molar-refractivity contribution is 0.0953. The van der Waals surface area contributed by atoms with Crippen molar-refractivity contribution in [2.75, 3.05) is 33.4 Å². The van der Waals surface area contributed by atoms with Crippen molar-refractivity contribution >= 4 is 15.9 Å². The van der Waals surface area contributed by atoms with Gasteiger partial charge in [0.2, 0.25) is 10.0 Å². The van der Waals surface area contributed by atoms with Gasteiger partial charge in [0.25, 0.3) is 5.91 Å². The van der Waals surface area contributed by atoms with Crippen LogP contribution in [0.2, 0.25) is 0 Å². The number of carbonyl (C=O) groups excluding carboxylic acids is 1. The third-order valence-electron chi connectivity index (χ3n) is 2.67. The quantitative estimate of drug-likeness (QED) is 0.541. The second-order valence-corrected chi connectivity index (χ2v) is 6.08. The third kappa shape index (κ3) is 5.80. The van der Waals surface area contributed by atoms with Gasteiger partial charge in [-0.3, -0.25) is 4.79 Å². The number of nitrogens with one attached hydrogen (secondary N) is 2. The summed E-state index contributed by atoms with van der Waals surface area (Å²) in [6.07, 6.45) is 0.669. The summed E-state index contributed by atoms with van der Waals surface area (Å²) in [5.74, 6) is -0.322. The van der Waals surface area contributed by atoms with Gasteiger partial charge in [-0.2, -0.15) is 0 Å². The fraction of sp³-hybridized carbons (Fsp3) is 0.462. The molecule has 0 aromatic heterocycles. The number of benzene rings is 1. The molecule has 0 aliphatic rings. The molecule has 21 heavy (non-hydrogen) atoms. The van der Waals surface area contributed by atoms with E-state index in [4.69, 9.17) is 10.5 Å². The molecule has 0 atom stereocenters. The van der Waals surface area contributed by atoms with Crippen molar-refractivity contribution in [1.29, 1.82) is 0 Å². The molecule has 0 fully saturated rings. The van der Waals surface area contributed by atoms with Gasteiger partial charge < -0.3 is 15.8 Å². The molecule has 8 heteroatoms. The third-order valence-corrected chi connectivity index (χ3v) is 4.13. The molecule has 0 aliphatic heterocycles. The van der Waals surface area contributed by atoms with Crippen LogP contribution in [0.5, 0.6) is 0 Å². The lowest BCUT2D eigenvalue weighted by Crippen LogP contribution is -2.28. The minimum atomic E-state index is -3.64. The van der Waals surface area contributed by atoms with E-state index in [1.807, 2.05) is 0 Å². The van der Waals surface area contributed by atoms with Crippen LogP contribution in [0.25, 0.3) is 0 Å². The van der Waals surface area contributed by atoms with E-state index in [0.717, 1.165) is 0 Å². The Balaban J connectivity index is 2.77. The highest BCUT2D eigenvalue weighted by atomic mass is 32.2. The van der Waals surface area contributed by atoms with Crippen LogP contribution in [0.1, 0.15) is 16.8 Å². The van der Waals surface area contributed by atoms with Crippen LogP contribution in [0.15, 0.2) is 29.2 Å². The van der Waals surface area contributed by atoms with Crippen molar-refractivity contribution in [2.45, 2.75) is 11.3 Å². The second kappa shape index (κ2) is 8.73. The van der Waals surface area contributed by atoms with Crippen molar-refractivity contribution in [3.05, 3.63) is 29.8 Å². The van der Waals surface area contributed by atoms with E-state index in [-0.39, 0.29) is 24.0 Å². The van der Waals surface area contributed by atoms with Crippen LogP contribution in [-0.2, 0) is 14.8 Å². The van der Waals surface area contributed by atoms with Crippen LogP contribution in [0, 0.1) is 0 Å². The van der Waals surface area contributed by atoms with Gasteiger partial charge in [0.1, 0.15) is 0 Å². The fourth-order valence-corrected chi connectivity index (χ4v) is 2.63. The molecule has 0 radical (unpaired) electrons. The van der Waals surface area contributed by atoms with Gasteiger partial charge in [-0.15, -0.1) is 0 Å². The molecule has 118 valence electrons. The van der Waals surface area contributed by atoms with E-state index in [0.29, 0.717) is 25.1 Å². The van der Waals surface area contributed by atoms with Crippen LogP contribution in [0.4, 0.5) is 0 Å². The largest absolute Gasteiger partial charge is 0.383 e. The second-order valence-electron chi connectivity index (χ2n) is 4.32. The van der Waals surface area contributed by atoms with Crippen molar-refractivity contribution < 1.29 is 17.9 Å². The smallest absolute Gasteiger partial charge is 0.251 e. The summed E-state index contributed by atoms with van der Waals surface area (Å²) in [7, 11) is -2.16. The van der Waals surface area contributed by atoms with Crippen LogP contribution in [0.3, 0.4) is 0 Å². The van der Waals surface area contributed by atoms with E-state index in [1.165, 1.54) is 25.3 Å². The van der Waals surface area contributed by atoms with E-state index in [9.17, 15) is 13.2 Å². The highest BCUT2D eigenvalue weighted by Crippen LogP contribution is 2.11. The number of sulfonamides is 1. The summed E-state index contributed by atoms with van der Waals surface area (Å²) < 4.78 is 31.2. The number of ether oxygens (including phenoxy) is 1. The molecule has 0 saturated carbocycles. The first-order valence-electron chi connectivity index (χ1n) is 6.58. The lowest BCUT2D eigenvalue weighted by Gasteiger charge is -2.08. The Hall–Kier alpha value is -1.48. The summed E-state index contributed by atoms with van der Waals surface area (Å²) in [6, 6.07) is 5.87. The highest BCUT2D eigenvalue weighted by molar-refractivity contribution is 7.89. The molecule has 1 amide bonds. The average molecular weight is 315 g/mol. The minimum Gasteiger partial charge on any atom is -0.383 e. The molecule has 1 aromatic carbocycles. The average Bonchev–Trinajstić information content (AvgIpc) is 2.47. The van der Waals surface area contributed by atoms with Crippen LogP contribution in [-0.4, -0.2) is 47.7 Å². The summed E-state index contributed by atoms with van der Waals surface area (Å²) in [5, 5.41) is 2.68.